The van der Waals surface area contributed by atoms with Gasteiger partial charge in [0.25, 0.3) is 5.56 Å². The van der Waals surface area contributed by atoms with Crippen molar-refractivity contribution in [3.8, 4) is 11.1 Å². The van der Waals surface area contributed by atoms with E-state index >= 15 is 0 Å². The van der Waals surface area contributed by atoms with E-state index in [-0.39, 0.29) is 11.4 Å². The number of pyridine rings is 1. The second-order valence-corrected chi connectivity index (χ2v) is 4.83. The fraction of sp³-hybridized carbons (Fsp3) is 0.188. The highest BCUT2D eigenvalue weighted by Crippen LogP contribution is 2.27. The van der Waals surface area contributed by atoms with Gasteiger partial charge in [-0.1, -0.05) is 12.1 Å². The van der Waals surface area contributed by atoms with Crippen molar-refractivity contribution in [2.75, 3.05) is 0 Å². The molecule has 0 unspecified atom stereocenters. The molecule has 2 heterocycles. The highest BCUT2D eigenvalue weighted by atomic mass is 19.1. The van der Waals surface area contributed by atoms with E-state index in [9.17, 15) is 9.18 Å². The van der Waals surface area contributed by atoms with E-state index in [0.717, 1.165) is 23.1 Å². The monoisotopic (exact) mass is 270 g/mol. The van der Waals surface area contributed by atoms with Crippen LogP contribution in [0.5, 0.6) is 0 Å². The van der Waals surface area contributed by atoms with Crippen LogP contribution in [0, 0.1) is 5.82 Å². The molecular weight excluding hydrogens is 255 g/mol. The number of fused-ring (bicyclic) bond motifs is 1. The van der Waals surface area contributed by atoms with Crippen molar-refractivity contribution in [2.24, 2.45) is 7.05 Å². The molecule has 1 aromatic carbocycles. The molecule has 3 nitrogen and oxygen atoms in total. The van der Waals surface area contributed by atoms with Gasteiger partial charge in [0.2, 0.25) is 0 Å². The summed E-state index contributed by atoms with van der Waals surface area (Å²) in [6.45, 7) is 2.75. The van der Waals surface area contributed by atoms with Crippen LogP contribution in [0.1, 0.15) is 6.92 Å². The minimum absolute atomic E-state index is 0.0160. The van der Waals surface area contributed by atoms with Gasteiger partial charge in [0.15, 0.2) is 0 Å². The molecule has 0 aliphatic carbocycles. The van der Waals surface area contributed by atoms with Gasteiger partial charge in [0.1, 0.15) is 11.3 Å². The fourth-order valence-corrected chi connectivity index (χ4v) is 2.54. The lowest BCUT2D eigenvalue weighted by molar-refractivity contribution is 0.628. The van der Waals surface area contributed by atoms with E-state index in [2.05, 4.69) is 0 Å². The summed E-state index contributed by atoms with van der Waals surface area (Å²) < 4.78 is 16.6. The van der Waals surface area contributed by atoms with Crippen molar-refractivity contribution < 1.29 is 4.39 Å². The molecule has 0 amide bonds. The van der Waals surface area contributed by atoms with Gasteiger partial charge < -0.3 is 9.13 Å². The first kappa shape index (κ1) is 12.7. The molecule has 0 bridgehead atoms. The van der Waals surface area contributed by atoms with Crippen LogP contribution in [0.4, 0.5) is 4.39 Å². The molecule has 0 saturated carbocycles. The molecular formula is C16H15FN2O. The topological polar surface area (TPSA) is 26.9 Å². The molecule has 3 rings (SSSR count). The van der Waals surface area contributed by atoms with Crippen molar-refractivity contribution in [3.63, 3.8) is 0 Å². The minimum Gasteiger partial charge on any atom is -0.343 e. The van der Waals surface area contributed by atoms with Gasteiger partial charge in [0.05, 0.1) is 0 Å². The third-order valence-electron chi connectivity index (χ3n) is 3.60. The van der Waals surface area contributed by atoms with E-state index in [4.69, 9.17) is 0 Å². The first-order valence-corrected chi connectivity index (χ1v) is 6.56. The predicted molar refractivity (Wildman–Crippen MR) is 78.2 cm³/mol. The number of rotatable bonds is 2. The van der Waals surface area contributed by atoms with Crippen LogP contribution < -0.4 is 5.56 Å². The summed E-state index contributed by atoms with van der Waals surface area (Å²) >= 11 is 0. The van der Waals surface area contributed by atoms with Crippen molar-refractivity contribution >= 4 is 10.9 Å². The average molecular weight is 270 g/mol. The lowest BCUT2D eigenvalue weighted by Gasteiger charge is -2.08. The molecule has 0 saturated heterocycles. The van der Waals surface area contributed by atoms with Crippen LogP contribution in [0.15, 0.2) is 47.5 Å². The number of hydrogen-bond acceptors (Lipinski definition) is 1. The number of benzene rings is 1. The van der Waals surface area contributed by atoms with E-state index in [1.165, 1.54) is 12.1 Å². The lowest BCUT2D eigenvalue weighted by Crippen LogP contribution is -2.18. The van der Waals surface area contributed by atoms with Crippen LogP contribution in [0.25, 0.3) is 22.0 Å². The average Bonchev–Trinajstić information content (AvgIpc) is 2.88. The smallest absolute Gasteiger partial charge is 0.274 e. The Bertz CT molecular complexity index is 828. The number of aromatic nitrogens is 2. The Morgan fingerprint density at radius 3 is 2.50 bits per heavy atom. The second-order valence-electron chi connectivity index (χ2n) is 4.83. The van der Waals surface area contributed by atoms with Crippen LogP contribution in [-0.2, 0) is 13.6 Å². The summed E-state index contributed by atoms with van der Waals surface area (Å²) in [5.74, 6) is -0.263. The van der Waals surface area contributed by atoms with E-state index in [0.29, 0.717) is 5.52 Å². The normalized spacial score (nSPS) is 11.2. The van der Waals surface area contributed by atoms with Crippen molar-refractivity contribution in [2.45, 2.75) is 13.5 Å². The Balaban J connectivity index is 2.37. The van der Waals surface area contributed by atoms with Crippen molar-refractivity contribution in [3.05, 3.63) is 58.9 Å². The quantitative estimate of drug-likeness (QED) is 0.702. The fourth-order valence-electron chi connectivity index (χ4n) is 2.54. The zero-order valence-electron chi connectivity index (χ0n) is 11.4. The zero-order valence-corrected chi connectivity index (χ0v) is 11.4. The summed E-state index contributed by atoms with van der Waals surface area (Å²) in [6.07, 6.45) is 3.72. The van der Waals surface area contributed by atoms with E-state index < -0.39 is 0 Å². The molecule has 0 N–H and O–H groups in total. The van der Waals surface area contributed by atoms with Gasteiger partial charge in [0, 0.05) is 36.9 Å². The Morgan fingerprint density at radius 2 is 1.85 bits per heavy atom. The van der Waals surface area contributed by atoms with Crippen molar-refractivity contribution in [1.29, 1.82) is 0 Å². The molecule has 20 heavy (non-hydrogen) atoms. The third-order valence-corrected chi connectivity index (χ3v) is 3.60. The van der Waals surface area contributed by atoms with E-state index in [1.54, 1.807) is 29.9 Å². The Hall–Kier alpha value is -2.36. The number of hydrogen-bond donors (Lipinski definition) is 0. The molecule has 0 atom stereocenters. The largest absolute Gasteiger partial charge is 0.343 e. The molecule has 0 aliphatic heterocycles. The maximum Gasteiger partial charge on any atom is 0.274 e. The molecule has 0 spiro atoms. The number of halogens is 1. The first-order chi connectivity index (χ1) is 9.61. The standard InChI is InChI=1S/C16H15FN2O/c1-3-19-9-8-13-14(10-18(2)16(20)15(13)19)11-4-6-12(17)7-5-11/h4-10H,3H2,1-2H3. The molecule has 3 aromatic rings. The van der Waals surface area contributed by atoms with Gasteiger partial charge in [-0.05, 0) is 30.7 Å². The zero-order chi connectivity index (χ0) is 14.3. The lowest BCUT2D eigenvalue weighted by atomic mass is 10.0. The number of aryl methyl sites for hydroxylation is 2. The summed E-state index contributed by atoms with van der Waals surface area (Å²) in [6, 6.07) is 8.28. The second kappa shape index (κ2) is 4.63. The molecule has 4 heteroatoms. The van der Waals surface area contributed by atoms with E-state index in [1.807, 2.05) is 23.8 Å². The van der Waals surface area contributed by atoms with Crippen LogP contribution in [-0.4, -0.2) is 9.13 Å². The maximum absolute atomic E-state index is 13.1. The van der Waals surface area contributed by atoms with Gasteiger partial charge >= 0.3 is 0 Å². The first-order valence-electron chi connectivity index (χ1n) is 6.56. The van der Waals surface area contributed by atoms with Crippen LogP contribution >= 0.6 is 0 Å². The van der Waals surface area contributed by atoms with Crippen LogP contribution in [0.3, 0.4) is 0 Å². The minimum atomic E-state index is -0.263. The van der Waals surface area contributed by atoms with Gasteiger partial charge in [-0.3, -0.25) is 4.79 Å². The van der Waals surface area contributed by atoms with Gasteiger partial charge in [-0.2, -0.15) is 0 Å². The molecule has 0 fully saturated rings. The number of nitrogens with zero attached hydrogens (tertiary/aromatic N) is 2. The maximum atomic E-state index is 13.1. The summed E-state index contributed by atoms with van der Waals surface area (Å²) in [5.41, 5.74) is 2.52. The summed E-state index contributed by atoms with van der Waals surface area (Å²) in [4.78, 5) is 12.3. The highest BCUT2D eigenvalue weighted by molar-refractivity contribution is 5.94. The molecule has 102 valence electrons. The van der Waals surface area contributed by atoms with Gasteiger partial charge in [-0.15, -0.1) is 0 Å². The SMILES string of the molecule is CCn1ccc2c(-c3ccc(F)cc3)cn(C)c(=O)c21. The van der Waals surface area contributed by atoms with Crippen molar-refractivity contribution in [1.82, 2.24) is 9.13 Å². The summed E-state index contributed by atoms with van der Waals surface area (Å²) in [5, 5.41) is 0.904. The Labute approximate surface area is 115 Å². The Morgan fingerprint density at radius 1 is 1.15 bits per heavy atom. The van der Waals surface area contributed by atoms with Gasteiger partial charge in [-0.25, -0.2) is 4.39 Å². The molecule has 0 radical (unpaired) electrons. The predicted octanol–water partition coefficient (Wildman–Crippen LogP) is 3.17. The molecule has 0 aliphatic rings. The summed E-state index contributed by atoms with van der Waals surface area (Å²) in [7, 11) is 1.74. The highest BCUT2D eigenvalue weighted by Gasteiger charge is 2.12. The Kier molecular flexibility index (Phi) is 2.93. The third kappa shape index (κ3) is 1.84. The molecule has 2 aromatic heterocycles. The van der Waals surface area contributed by atoms with Crippen LogP contribution in [0.2, 0.25) is 0 Å².